The van der Waals surface area contributed by atoms with Crippen LogP contribution in [0.5, 0.6) is 0 Å². The van der Waals surface area contributed by atoms with Gasteiger partial charge in [0.15, 0.2) is 14.9 Å². The van der Waals surface area contributed by atoms with Crippen LogP contribution < -0.4 is 5.32 Å². The minimum Gasteiger partial charge on any atom is -0.373 e. The molecule has 1 aromatic heterocycles. The van der Waals surface area contributed by atoms with Crippen LogP contribution in [0.2, 0.25) is 0 Å². The number of anilines is 1. The third kappa shape index (κ3) is 3.20. The summed E-state index contributed by atoms with van der Waals surface area (Å²) in [4.78, 5) is 4.01. The SMILES string of the molecule is CCCc1cc(NC)nc(S(C)(=O)=O)c1. The van der Waals surface area contributed by atoms with Gasteiger partial charge >= 0.3 is 0 Å². The Morgan fingerprint density at radius 3 is 2.53 bits per heavy atom. The fraction of sp³-hybridized carbons (Fsp3) is 0.500. The Morgan fingerprint density at radius 2 is 2.07 bits per heavy atom. The lowest BCUT2D eigenvalue weighted by atomic mass is 10.1. The highest BCUT2D eigenvalue weighted by Gasteiger charge is 2.11. The smallest absolute Gasteiger partial charge is 0.192 e. The van der Waals surface area contributed by atoms with E-state index in [2.05, 4.69) is 17.2 Å². The zero-order valence-corrected chi connectivity index (χ0v) is 10.1. The summed E-state index contributed by atoms with van der Waals surface area (Å²) in [5, 5.41) is 3.00. The van der Waals surface area contributed by atoms with Crippen molar-refractivity contribution in [1.29, 1.82) is 0 Å². The van der Waals surface area contributed by atoms with Crippen molar-refractivity contribution in [3.63, 3.8) is 0 Å². The lowest BCUT2D eigenvalue weighted by molar-refractivity contribution is 0.598. The molecule has 1 heterocycles. The Bertz CT molecular complexity index is 441. The maximum atomic E-state index is 11.4. The van der Waals surface area contributed by atoms with Crippen LogP contribution in [-0.4, -0.2) is 26.7 Å². The van der Waals surface area contributed by atoms with Crippen LogP contribution in [0.25, 0.3) is 0 Å². The molecule has 15 heavy (non-hydrogen) atoms. The summed E-state index contributed by atoms with van der Waals surface area (Å²) in [6.45, 7) is 2.06. The van der Waals surface area contributed by atoms with Crippen LogP contribution in [0.4, 0.5) is 5.82 Å². The van der Waals surface area contributed by atoms with Crippen molar-refractivity contribution >= 4 is 15.7 Å². The van der Waals surface area contributed by atoms with Gasteiger partial charge in [-0.05, 0) is 24.1 Å². The fourth-order valence-corrected chi connectivity index (χ4v) is 1.94. The molecule has 0 fully saturated rings. The van der Waals surface area contributed by atoms with E-state index in [1.807, 2.05) is 6.07 Å². The highest BCUT2D eigenvalue weighted by molar-refractivity contribution is 7.90. The van der Waals surface area contributed by atoms with Crippen LogP contribution in [-0.2, 0) is 16.3 Å². The first-order valence-corrected chi connectivity index (χ1v) is 6.75. The van der Waals surface area contributed by atoms with Crippen LogP contribution in [0.1, 0.15) is 18.9 Å². The number of aromatic nitrogens is 1. The lowest BCUT2D eigenvalue weighted by Gasteiger charge is -2.06. The third-order valence-electron chi connectivity index (χ3n) is 2.04. The molecule has 1 rings (SSSR count). The number of sulfone groups is 1. The summed E-state index contributed by atoms with van der Waals surface area (Å²) in [6.07, 6.45) is 3.01. The first-order chi connectivity index (χ1) is 6.97. The number of aryl methyl sites for hydroxylation is 1. The van der Waals surface area contributed by atoms with Gasteiger partial charge in [0.25, 0.3) is 0 Å². The molecule has 4 nitrogen and oxygen atoms in total. The van der Waals surface area contributed by atoms with Crippen LogP contribution in [0.3, 0.4) is 0 Å². The van der Waals surface area contributed by atoms with E-state index >= 15 is 0 Å². The molecule has 0 saturated carbocycles. The Kier molecular flexibility index (Phi) is 3.68. The molecule has 0 radical (unpaired) electrons. The second-order valence-corrected chi connectivity index (χ2v) is 5.43. The highest BCUT2D eigenvalue weighted by atomic mass is 32.2. The minimum atomic E-state index is -3.23. The molecule has 0 amide bonds. The van der Waals surface area contributed by atoms with Crippen LogP contribution in [0, 0.1) is 0 Å². The molecular formula is C10H16N2O2S. The quantitative estimate of drug-likeness (QED) is 0.848. The molecule has 1 aromatic rings. The Balaban J connectivity index is 3.23. The van der Waals surface area contributed by atoms with Gasteiger partial charge in [0, 0.05) is 13.3 Å². The Morgan fingerprint density at radius 1 is 1.40 bits per heavy atom. The van der Waals surface area contributed by atoms with Gasteiger partial charge in [-0.1, -0.05) is 13.3 Å². The topological polar surface area (TPSA) is 59.1 Å². The Hall–Kier alpha value is -1.10. The van der Waals surface area contributed by atoms with Gasteiger partial charge in [-0.3, -0.25) is 0 Å². The molecule has 1 N–H and O–H groups in total. The monoisotopic (exact) mass is 228 g/mol. The number of nitrogens with zero attached hydrogens (tertiary/aromatic N) is 1. The van der Waals surface area contributed by atoms with E-state index in [4.69, 9.17) is 0 Å². The van der Waals surface area contributed by atoms with Crippen LogP contribution in [0.15, 0.2) is 17.2 Å². The van der Waals surface area contributed by atoms with Crippen LogP contribution >= 0.6 is 0 Å². The fourth-order valence-electron chi connectivity index (χ4n) is 1.31. The zero-order chi connectivity index (χ0) is 11.5. The van der Waals surface area contributed by atoms with E-state index in [1.54, 1.807) is 13.1 Å². The maximum Gasteiger partial charge on any atom is 0.192 e. The lowest BCUT2D eigenvalue weighted by Crippen LogP contribution is -2.04. The normalized spacial score (nSPS) is 11.4. The average Bonchev–Trinajstić information content (AvgIpc) is 2.16. The first kappa shape index (κ1) is 12.0. The van der Waals surface area contributed by atoms with E-state index in [0.717, 1.165) is 18.4 Å². The van der Waals surface area contributed by atoms with Crippen molar-refractivity contribution in [3.8, 4) is 0 Å². The molecule has 0 aliphatic heterocycles. The average molecular weight is 228 g/mol. The van der Waals surface area contributed by atoms with Gasteiger partial charge in [0.2, 0.25) is 0 Å². The molecule has 0 bridgehead atoms. The van der Waals surface area contributed by atoms with Gasteiger partial charge < -0.3 is 5.32 Å². The summed E-state index contributed by atoms with van der Waals surface area (Å²) in [5.74, 6) is 0.598. The van der Waals surface area contributed by atoms with Gasteiger partial charge in [0.1, 0.15) is 5.82 Å². The van der Waals surface area contributed by atoms with Crippen molar-refractivity contribution in [1.82, 2.24) is 4.98 Å². The third-order valence-corrected chi connectivity index (χ3v) is 3.01. The highest BCUT2D eigenvalue weighted by Crippen LogP contribution is 2.15. The number of pyridine rings is 1. The second kappa shape index (κ2) is 4.61. The molecule has 0 aliphatic rings. The molecule has 0 unspecified atom stereocenters. The molecule has 0 aromatic carbocycles. The maximum absolute atomic E-state index is 11.4. The summed E-state index contributed by atoms with van der Waals surface area (Å²) in [5.41, 5.74) is 0.997. The number of hydrogen-bond acceptors (Lipinski definition) is 4. The molecule has 0 aliphatic carbocycles. The largest absolute Gasteiger partial charge is 0.373 e. The zero-order valence-electron chi connectivity index (χ0n) is 9.24. The molecule has 0 saturated heterocycles. The second-order valence-electron chi connectivity index (χ2n) is 3.47. The van der Waals surface area contributed by atoms with E-state index in [0.29, 0.717) is 5.82 Å². The Labute approximate surface area is 90.7 Å². The van der Waals surface area contributed by atoms with E-state index in [9.17, 15) is 8.42 Å². The predicted molar refractivity (Wildman–Crippen MR) is 60.9 cm³/mol. The van der Waals surface area contributed by atoms with E-state index < -0.39 is 9.84 Å². The van der Waals surface area contributed by atoms with Crippen molar-refractivity contribution in [2.24, 2.45) is 0 Å². The van der Waals surface area contributed by atoms with Gasteiger partial charge in [-0.15, -0.1) is 0 Å². The number of rotatable bonds is 4. The van der Waals surface area contributed by atoms with Gasteiger partial charge in [-0.2, -0.15) is 0 Å². The molecule has 5 heteroatoms. The summed E-state index contributed by atoms with van der Waals surface area (Å²) in [6, 6.07) is 3.51. The number of nitrogens with one attached hydrogen (secondary N) is 1. The molecule has 84 valence electrons. The summed E-state index contributed by atoms with van der Waals surface area (Å²) in [7, 11) is -1.50. The minimum absolute atomic E-state index is 0.137. The van der Waals surface area contributed by atoms with Crippen molar-refractivity contribution in [3.05, 3.63) is 17.7 Å². The standard InChI is InChI=1S/C10H16N2O2S/c1-4-5-8-6-9(11-2)12-10(7-8)15(3,13)14/h6-7H,4-5H2,1-3H3,(H,11,12). The molecular weight excluding hydrogens is 212 g/mol. The first-order valence-electron chi connectivity index (χ1n) is 4.86. The number of hydrogen-bond donors (Lipinski definition) is 1. The summed E-state index contributed by atoms with van der Waals surface area (Å²) >= 11 is 0. The predicted octanol–water partition coefficient (Wildman–Crippen LogP) is 1.48. The van der Waals surface area contributed by atoms with Gasteiger partial charge in [-0.25, -0.2) is 13.4 Å². The van der Waals surface area contributed by atoms with Crippen molar-refractivity contribution in [2.45, 2.75) is 24.8 Å². The van der Waals surface area contributed by atoms with Crippen molar-refractivity contribution < 1.29 is 8.42 Å². The van der Waals surface area contributed by atoms with E-state index in [1.165, 1.54) is 6.26 Å². The summed E-state index contributed by atoms with van der Waals surface area (Å²) < 4.78 is 22.7. The molecule has 0 atom stereocenters. The van der Waals surface area contributed by atoms with Gasteiger partial charge in [0.05, 0.1) is 0 Å². The molecule has 0 spiro atoms. The van der Waals surface area contributed by atoms with E-state index in [-0.39, 0.29) is 5.03 Å². The van der Waals surface area contributed by atoms with Crippen molar-refractivity contribution in [2.75, 3.05) is 18.6 Å².